The lowest BCUT2D eigenvalue weighted by atomic mass is 10.1. The highest BCUT2D eigenvalue weighted by Crippen LogP contribution is 2.23. The highest BCUT2D eigenvalue weighted by Gasteiger charge is 2.15. The molecule has 0 amide bonds. The van der Waals surface area contributed by atoms with E-state index in [1.165, 1.54) is 0 Å². The van der Waals surface area contributed by atoms with Gasteiger partial charge >= 0.3 is 0 Å². The van der Waals surface area contributed by atoms with Crippen molar-refractivity contribution in [2.45, 2.75) is 19.9 Å². The van der Waals surface area contributed by atoms with Gasteiger partial charge in [0.25, 0.3) is 0 Å². The molecule has 0 aliphatic carbocycles. The van der Waals surface area contributed by atoms with Crippen molar-refractivity contribution in [1.82, 2.24) is 9.97 Å². The van der Waals surface area contributed by atoms with E-state index < -0.39 is 10.9 Å². The highest BCUT2D eigenvalue weighted by molar-refractivity contribution is 7.68. The van der Waals surface area contributed by atoms with Gasteiger partial charge in [0.2, 0.25) is 5.95 Å². The molecule has 0 aliphatic rings. The van der Waals surface area contributed by atoms with Gasteiger partial charge in [0.1, 0.15) is 0 Å². The second-order valence-corrected chi connectivity index (χ2v) is 7.77. The lowest BCUT2D eigenvalue weighted by Crippen LogP contribution is -2.30. The average Bonchev–Trinajstić information content (AvgIpc) is 2.77. The Morgan fingerprint density at radius 3 is 2.35 bits per heavy atom. The van der Waals surface area contributed by atoms with E-state index in [1.54, 1.807) is 24.3 Å². The summed E-state index contributed by atoms with van der Waals surface area (Å²) >= 11 is 0. The molecule has 9 nitrogen and oxygen atoms in total. The van der Waals surface area contributed by atoms with Crippen molar-refractivity contribution >= 4 is 34.0 Å². The van der Waals surface area contributed by atoms with E-state index in [2.05, 4.69) is 30.5 Å². The molecule has 0 radical (unpaired) electrons. The van der Waals surface area contributed by atoms with Crippen LogP contribution in [0.5, 0.6) is 0 Å². The van der Waals surface area contributed by atoms with Gasteiger partial charge in [-0.1, -0.05) is 55.1 Å². The van der Waals surface area contributed by atoms with Gasteiger partial charge < -0.3 is 23.5 Å². The maximum atomic E-state index is 10.8. The van der Waals surface area contributed by atoms with Crippen molar-refractivity contribution < 1.29 is 13.9 Å². The molecule has 0 saturated heterocycles. The number of aliphatic hydroxyl groups is 1. The molecule has 0 fully saturated rings. The summed E-state index contributed by atoms with van der Waals surface area (Å²) in [6, 6.07) is 18.0. The molecule has 2 aromatic carbocycles. The molecule has 0 spiro atoms. The SMILES string of the molecule is CC(C)[C@@H](CO)Nc1nc(NNc2ccc(N=[S-](=O)O)cc2)cc(-c2ccccc2)n1. The van der Waals surface area contributed by atoms with Crippen molar-refractivity contribution in [3.8, 4) is 11.3 Å². The van der Waals surface area contributed by atoms with Crippen molar-refractivity contribution in [3.05, 3.63) is 60.7 Å². The van der Waals surface area contributed by atoms with E-state index in [4.69, 9.17) is 4.55 Å². The van der Waals surface area contributed by atoms with Gasteiger partial charge in [-0.15, -0.1) is 0 Å². The normalized spacial score (nSPS) is 13.1. The summed E-state index contributed by atoms with van der Waals surface area (Å²) in [7, 11) is -2.24. The minimum atomic E-state index is -2.24. The van der Waals surface area contributed by atoms with E-state index in [1.807, 2.05) is 50.2 Å². The van der Waals surface area contributed by atoms with E-state index in [0.29, 0.717) is 23.1 Å². The second-order valence-electron chi connectivity index (χ2n) is 7.12. The minimum Gasteiger partial charge on any atom is -0.454 e. The smallest absolute Gasteiger partial charge is 0.225 e. The Labute approximate surface area is 183 Å². The molecular weight excluding hydrogens is 416 g/mol. The van der Waals surface area contributed by atoms with E-state index >= 15 is 0 Å². The van der Waals surface area contributed by atoms with Crippen molar-refractivity contribution in [1.29, 1.82) is 0 Å². The largest absolute Gasteiger partial charge is 0.454 e. The molecule has 31 heavy (non-hydrogen) atoms. The fourth-order valence-corrected chi connectivity index (χ4v) is 3.06. The summed E-state index contributed by atoms with van der Waals surface area (Å²) in [4.78, 5) is 9.10. The van der Waals surface area contributed by atoms with Crippen molar-refractivity contribution in [3.63, 3.8) is 0 Å². The molecule has 0 saturated carbocycles. The first kappa shape index (κ1) is 22.5. The number of hydrogen-bond donors (Lipinski definition) is 5. The lowest BCUT2D eigenvalue weighted by Gasteiger charge is -2.21. The quantitative estimate of drug-likeness (QED) is 0.189. The molecule has 1 heterocycles. The zero-order chi connectivity index (χ0) is 22.2. The van der Waals surface area contributed by atoms with Crippen molar-refractivity contribution in [2.75, 3.05) is 22.8 Å². The number of benzene rings is 2. The predicted molar refractivity (Wildman–Crippen MR) is 123 cm³/mol. The Bertz CT molecular complexity index is 1070. The molecule has 10 heteroatoms. The van der Waals surface area contributed by atoms with Crippen LogP contribution in [0.4, 0.5) is 23.1 Å². The van der Waals surface area contributed by atoms with Gasteiger partial charge in [-0.25, -0.2) is 4.98 Å². The van der Waals surface area contributed by atoms with Crippen LogP contribution in [0.3, 0.4) is 0 Å². The van der Waals surface area contributed by atoms with Gasteiger partial charge in [-0.3, -0.25) is 10.9 Å². The van der Waals surface area contributed by atoms with Crippen LogP contribution in [0.2, 0.25) is 0 Å². The summed E-state index contributed by atoms with van der Waals surface area (Å²) in [5.41, 5.74) is 8.86. The number of aliphatic hydroxyl groups excluding tert-OH is 1. The predicted octanol–water partition coefficient (Wildman–Crippen LogP) is 4.26. The zero-order valence-corrected chi connectivity index (χ0v) is 18.0. The van der Waals surface area contributed by atoms with E-state index in [-0.39, 0.29) is 18.6 Å². The van der Waals surface area contributed by atoms with Gasteiger partial charge in [-0.05, 0) is 30.2 Å². The Morgan fingerprint density at radius 1 is 1.03 bits per heavy atom. The topological polar surface area (TPSA) is 132 Å². The van der Waals surface area contributed by atoms with E-state index in [0.717, 1.165) is 11.3 Å². The maximum Gasteiger partial charge on any atom is 0.225 e. The molecular formula is C21H25N6O3S-. The average molecular weight is 442 g/mol. The number of rotatable bonds is 9. The van der Waals surface area contributed by atoms with Crippen LogP contribution in [0, 0.1) is 5.92 Å². The van der Waals surface area contributed by atoms with Gasteiger partial charge in [0.05, 0.1) is 24.0 Å². The Morgan fingerprint density at radius 2 is 1.74 bits per heavy atom. The minimum absolute atomic E-state index is 0.0341. The molecule has 0 unspecified atom stereocenters. The molecule has 3 aromatic rings. The Kier molecular flexibility index (Phi) is 7.76. The summed E-state index contributed by atoms with van der Waals surface area (Å²) in [5.74, 6) is 1.13. The zero-order valence-electron chi connectivity index (χ0n) is 17.2. The number of nitrogens with one attached hydrogen (secondary N) is 3. The van der Waals surface area contributed by atoms with Crippen LogP contribution in [0.25, 0.3) is 11.3 Å². The molecule has 0 aliphatic heterocycles. The Hall–Kier alpha value is -3.21. The summed E-state index contributed by atoms with van der Waals surface area (Å²) in [6.45, 7) is 3.99. The summed E-state index contributed by atoms with van der Waals surface area (Å²) < 4.78 is 23.2. The third kappa shape index (κ3) is 6.64. The molecule has 3 rings (SSSR count). The molecule has 1 atom stereocenters. The fraction of sp³-hybridized carbons (Fsp3) is 0.238. The third-order valence-corrected chi connectivity index (χ3v) is 4.86. The van der Waals surface area contributed by atoms with Crippen molar-refractivity contribution in [2.24, 2.45) is 10.3 Å². The second kappa shape index (κ2) is 10.7. The first-order valence-corrected chi connectivity index (χ1v) is 10.8. The highest BCUT2D eigenvalue weighted by atomic mass is 32.2. The van der Waals surface area contributed by atoms with Gasteiger partial charge in [0, 0.05) is 17.3 Å². The lowest BCUT2D eigenvalue weighted by molar-refractivity contribution is 0.248. The summed E-state index contributed by atoms with van der Waals surface area (Å²) in [6.07, 6.45) is 0. The van der Waals surface area contributed by atoms with Gasteiger partial charge in [0.15, 0.2) is 5.82 Å². The van der Waals surface area contributed by atoms with Crippen LogP contribution in [0.15, 0.2) is 65.0 Å². The molecule has 1 aromatic heterocycles. The molecule has 164 valence electrons. The molecule has 5 N–H and O–H groups in total. The first-order valence-electron chi connectivity index (χ1n) is 9.71. The molecule has 0 bridgehead atoms. The van der Waals surface area contributed by atoms with Crippen LogP contribution in [-0.2, 0) is 15.1 Å². The van der Waals surface area contributed by atoms with Crippen LogP contribution in [-0.4, -0.2) is 32.3 Å². The maximum absolute atomic E-state index is 10.8. The van der Waals surface area contributed by atoms with Crippen LogP contribution < -0.4 is 16.2 Å². The van der Waals surface area contributed by atoms with E-state index in [9.17, 15) is 9.32 Å². The monoisotopic (exact) mass is 441 g/mol. The number of aromatic nitrogens is 2. The number of hydrogen-bond acceptors (Lipinski definition) is 9. The van der Waals surface area contributed by atoms with Gasteiger partial charge in [-0.2, -0.15) is 4.98 Å². The van der Waals surface area contributed by atoms with Crippen LogP contribution >= 0.6 is 0 Å². The number of anilines is 3. The van der Waals surface area contributed by atoms with Crippen LogP contribution in [0.1, 0.15) is 13.8 Å². The number of nitrogens with zero attached hydrogens (tertiary/aromatic N) is 3. The third-order valence-electron chi connectivity index (χ3n) is 4.50. The fourth-order valence-electron chi connectivity index (χ4n) is 2.75. The standard InChI is InChI=1S/C21H25N6O3S/c1-14(2)19(13-28)23-21-22-18(15-6-4-3-5-7-15)12-20(24-21)26-25-16-8-10-17(11-9-16)27-31(29)30/h3-12,14,19,25,28H,13H2,1-2H3,(H,27,29,30)(H2,22,23,24,26)/q-1/t19-/m1/s1. The number of hydrazine groups is 1. The Balaban J connectivity index is 1.83. The first-order chi connectivity index (χ1) is 14.9. The summed E-state index contributed by atoms with van der Waals surface area (Å²) in [5, 5.41) is 12.9.